The van der Waals surface area contributed by atoms with Crippen molar-refractivity contribution in [3.05, 3.63) is 50.6 Å². The number of hydrogen-bond acceptors (Lipinski definition) is 3. The van der Waals surface area contributed by atoms with E-state index in [1.807, 2.05) is 29.2 Å². The average Bonchev–Trinajstić information content (AvgIpc) is 3.01. The Morgan fingerprint density at radius 1 is 1.36 bits per heavy atom. The van der Waals surface area contributed by atoms with Gasteiger partial charge in [-0.1, -0.05) is 22.9 Å². The van der Waals surface area contributed by atoms with Crippen LogP contribution in [0.4, 0.5) is 0 Å². The van der Waals surface area contributed by atoms with E-state index in [9.17, 15) is 4.79 Å². The number of carbonyl (C=O) groups excluding carboxylic acids is 1. The second-order valence-electron chi connectivity index (χ2n) is 5.30. The number of hydrogen-bond donors (Lipinski definition) is 0. The zero-order valence-corrected chi connectivity index (χ0v) is 14.8. The molecule has 2 aromatic rings. The maximum Gasteiger partial charge on any atom is 0.261 e. The summed E-state index contributed by atoms with van der Waals surface area (Å²) in [5, 5.41) is 2.12. The summed E-state index contributed by atoms with van der Waals surface area (Å²) < 4.78 is 6.63. The molecular weight excluding hydrogens is 362 g/mol. The van der Waals surface area contributed by atoms with Crippen molar-refractivity contribution in [2.45, 2.75) is 25.8 Å². The van der Waals surface area contributed by atoms with E-state index in [0.29, 0.717) is 0 Å². The van der Waals surface area contributed by atoms with Gasteiger partial charge >= 0.3 is 0 Å². The van der Waals surface area contributed by atoms with E-state index in [1.165, 1.54) is 10.4 Å². The normalized spacial score (nSPS) is 17.2. The van der Waals surface area contributed by atoms with Crippen LogP contribution in [0, 0.1) is 0 Å². The van der Waals surface area contributed by atoms with Crippen molar-refractivity contribution in [3.8, 4) is 5.75 Å². The van der Waals surface area contributed by atoms with Crippen LogP contribution in [-0.2, 0) is 11.2 Å². The first-order valence-electron chi connectivity index (χ1n) is 7.43. The van der Waals surface area contributed by atoms with Gasteiger partial charge in [0, 0.05) is 15.9 Å². The van der Waals surface area contributed by atoms with Crippen LogP contribution < -0.4 is 4.74 Å². The Balaban J connectivity index is 1.66. The summed E-state index contributed by atoms with van der Waals surface area (Å²) in [4.78, 5) is 15.9. The second-order valence-corrected chi connectivity index (χ2v) is 7.22. The number of halogens is 1. The van der Waals surface area contributed by atoms with Gasteiger partial charge in [0.15, 0.2) is 6.61 Å². The van der Waals surface area contributed by atoms with Crippen LogP contribution in [0.5, 0.6) is 5.75 Å². The number of fused-ring (bicyclic) bond motifs is 1. The molecule has 0 bridgehead atoms. The number of amides is 1. The fraction of sp³-hybridized carbons (Fsp3) is 0.353. The molecule has 0 saturated heterocycles. The maximum atomic E-state index is 12.5. The molecule has 0 saturated carbocycles. The monoisotopic (exact) mass is 379 g/mol. The molecule has 1 aromatic heterocycles. The molecule has 2 heterocycles. The minimum Gasteiger partial charge on any atom is -0.484 e. The van der Waals surface area contributed by atoms with E-state index < -0.39 is 0 Å². The largest absolute Gasteiger partial charge is 0.484 e. The molecule has 1 aromatic carbocycles. The van der Waals surface area contributed by atoms with Gasteiger partial charge in [0.25, 0.3) is 5.91 Å². The molecule has 1 aliphatic rings. The molecule has 0 radical (unpaired) electrons. The summed E-state index contributed by atoms with van der Waals surface area (Å²) in [6.45, 7) is 3.01. The summed E-state index contributed by atoms with van der Waals surface area (Å²) in [6.07, 6.45) is 1.89. The topological polar surface area (TPSA) is 29.5 Å². The van der Waals surface area contributed by atoms with Gasteiger partial charge in [0.2, 0.25) is 0 Å². The van der Waals surface area contributed by atoms with Crippen molar-refractivity contribution in [3.63, 3.8) is 0 Å². The van der Waals surface area contributed by atoms with Gasteiger partial charge in [0.1, 0.15) is 5.75 Å². The predicted octanol–water partition coefficient (Wildman–Crippen LogP) is 4.43. The molecule has 22 heavy (non-hydrogen) atoms. The molecule has 1 atom stereocenters. The summed E-state index contributed by atoms with van der Waals surface area (Å²) in [5.74, 6) is 0.782. The van der Waals surface area contributed by atoms with Gasteiger partial charge in [-0.3, -0.25) is 4.79 Å². The lowest BCUT2D eigenvalue weighted by atomic mass is 9.98. The van der Waals surface area contributed by atoms with Gasteiger partial charge in [-0.25, -0.2) is 0 Å². The number of nitrogens with zero attached hydrogens (tertiary/aromatic N) is 1. The standard InChI is InChI=1S/C17H18BrNO2S/c1-2-15-14-8-10-22-16(14)7-9-19(15)17(20)11-21-13-5-3-12(18)4-6-13/h3-6,8,10,15H,2,7,9,11H2,1H3. The highest BCUT2D eigenvalue weighted by Crippen LogP contribution is 2.35. The third kappa shape index (κ3) is 3.20. The minimum atomic E-state index is 0.0617. The zero-order chi connectivity index (χ0) is 15.5. The molecule has 116 valence electrons. The quantitative estimate of drug-likeness (QED) is 0.786. The first-order valence-corrected chi connectivity index (χ1v) is 9.10. The van der Waals surface area contributed by atoms with E-state index in [-0.39, 0.29) is 18.6 Å². The van der Waals surface area contributed by atoms with Gasteiger partial charge < -0.3 is 9.64 Å². The number of ether oxygens (including phenoxy) is 1. The summed E-state index contributed by atoms with van der Waals surface area (Å²) in [6, 6.07) is 9.89. The molecule has 0 N–H and O–H groups in total. The maximum absolute atomic E-state index is 12.5. The molecule has 0 aliphatic carbocycles. The zero-order valence-electron chi connectivity index (χ0n) is 12.4. The van der Waals surface area contributed by atoms with Gasteiger partial charge in [0.05, 0.1) is 6.04 Å². The molecule has 0 spiro atoms. The lowest BCUT2D eigenvalue weighted by Crippen LogP contribution is -2.41. The van der Waals surface area contributed by atoms with Crippen LogP contribution in [0.1, 0.15) is 29.8 Å². The van der Waals surface area contributed by atoms with E-state index >= 15 is 0 Å². The Labute approximate surface area is 143 Å². The third-order valence-electron chi connectivity index (χ3n) is 3.98. The van der Waals surface area contributed by atoms with Crippen molar-refractivity contribution in [2.24, 2.45) is 0 Å². The Hall–Kier alpha value is -1.33. The van der Waals surface area contributed by atoms with Crippen molar-refractivity contribution in [1.29, 1.82) is 0 Å². The van der Waals surface area contributed by atoms with Gasteiger partial charge in [-0.05, 0) is 54.1 Å². The summed E-state index contributed by atoms with van der Waals surface area (Å²) >= 11 is 5.18. The number of carbonyl (C=O) groups is 1. The van der Waals surface area contributed by atoms with Crippen molar-refractivity contribution >= 4 is 33.2 Å². The predicted molar refractivity (Wildman–Crippen MR) is 92.4 cm³/mol. The summed E-state index contributed by atoms with van der Waals surface area (Å²) in [7, 11) is 0. The highest BCUT2D eigenvalue weighted by atomic mass is 79.9. The fourth-order valence-electron chi connectivity index (χ4n) is 2.89. The first kappa shape index (κ1) is 15.6. The average molecular weight is 380 g/mol. The van der Waals surface area contributed by atoms with Crippen molar-refractivity contribution in [2.75, 3.05) is 13.2 Å². The third-order valence-corrected chi connectivity index (χ3v) is 5.50. The van der Waals surface area contributed by atoms with Crippen LogP contribution in [0.15, 0.2) is 40.2 Å². The first-order chi connectivity index (χ1) is 10.7. The van der Waals surface area contributed by atoms with Crippen LogP contribution >= 0.6 is 27.3 Å². The lowest BCUT2D eigenvalue weighted by molar-refractivity contribution is -0.136. The number of thiophene rings is 1. The molecule has 3 rings (SSSR count). The van der Waals surface area contributed by atoms with E-state index in [2.05, 4.69) is 34.3 Å². The van der Waals surface area contributed by atoms with Crippen molar-refractivity contribution in [1.82, 2.24) is 4.90 Å². The molecule has 1 amide bonds. The molecular formula is C17H18BrNO2S. The van der Waals surface area contributed by atoms with E-state index in [4.69, 9.17) is 4.74 Å². The number of benzene rings is 1. The van der Waals surface area contributed by atoms with Crippen LogP contribution in [0.2, 0.25) is 0 Å². The van der Waals surface area contributed by atoms with Crippen LogP contribution in [0.25, 0.3) is 0 Å². The van der Waals surface area contributed by atoms with E-state index in [1.54, 1.807) is 11.3 Å². The van der Waals surface area contributed by atoms with Crippen LogP contribution in [-0.4, -0.2) is 24.0 Å². The Kier molecular flexibility index (Phi) is 4.84. The van der Waals surface area contributed by atoms with Crippen LogP contribution in [0.3, 0.4) is 0 Å². The fourth-order valence-corrected chi connectivity index (χ4v) is 4.09. The van der Waals surface area contributed by atoms with Gasteiger partial charge in [-0.15, -0.1) is 11.3 Å². The van der Waals surface area contributed by atoms with Gasteiger partial charge in [-0.2, -0.15) is 0 Å². The molecule has 1 unspecified atom stereocenters. The highest BCUT2D eigenvalue weighted by Gasteiger charge is 2.30. The van der Waals surface area contributed by atoms with E-state index in [0.717, 1.165) is 29.6 Å². The Morgan fingerprint density at radius 2 is 2.14 bits per heavy atom. The van der Waals surface area contributed by atoms with Crippen molar-refractivity contribution < 1.29 is 9.53 Å². The molecule has 3 nitrogen and oxygen atoms in total. The SMILES string of the molecule is CCC1c2ccsc2CCN1C(=O)COc1ccc(Br)cc1. The summed E-state index contributed by atoms with van der Waals surface area (Å²) in [5.41, 5.74) is 1.32. The Morgan fingerprint density at radius 3 is 2.86 bits per heavy atom. The highest BCUT2D eigenvalue weighted by molar-refractivity contribution is 9.10. The lowest BCUT2D eigenvalue weighted by Gasteiger charge is -2.35. The molecule has 1 aliphatic heterocycles. The second kappa shape index (κ2) is 6.84. The molecule has 5 heteroatoms. The minimum absolute atomic E-state index is 0.0617. The Bertz CT molecular complexity index is 653. The molecule has 0 fully saturated rings. The smallest absolute Gasteiger partial charge is 0.261 e. The number of rotatable bonds is 4.